The van der Waals surface area contributed by atoms with Crippen molar-refractivity contribution < 1.29 is 54.6 Å². The Labute approximate surface area is 231 Å². The Kier molecular flexibility index (Phi) is 11.3. The number of hydrogen-bond acceptors (Lipinski definition) is 6. The van der Waals surface area contributed by atoms with Crippen LogP contribution in [0.25, 0.3) is 10.9 Å². The van der Waals surface area contributed by atoms with Gasteiger partial charge in [-0.3, -0.25) is 4.90 Å². The first-order valence-electron chi connectivity index (χ1n) is 11.9. The van der Waals surface area contributed by atoms with Crippen LogP contribution in [-0.2, 0) is 26.2 Å². The lowest BCUT2D eigenvalue weighted by Crippen LogP contribution is -2.27. The van der Waals surface area contributed by atoms with Crippen LogP contribution in [-0.4, -0.2) is 78.0 Å². The highest BCUT2D eigenvalue weighted by Crippen LogP contribution is 2.26. The van der Waals surface area contributed by atoms with Gasteiger partial charge in [-0.1, -0.05) is 29.8 Å². The second kappa shape index (κ2) is 13.8. The summed E-state index contributed by atoms with van der Waals surface area (Å²) in [4.78, 5) is 20.5. The molecule has 226 valence electrons. The van der Waals surface area contributed by atoms with Crippen LogP contribution in [0, 0.1) is 6.92 Å². The number of alkyl halides is 6. The molecule has 9 nitrogen and oxygen atoms in total. The van der Waals surface area contributed by atoms with Gasteiger partial charge in [0, 0.05) is 31.2 Å². The molecule has 3 N–H and O–H groups in total. The number of carbonyl (C=O) groups is 2. The molecular formula is C25H27F6N3O6S. The van der Waals surface area contributed by atoms with Gasteiger partial charge in [0.2, 0.25) is 0 Å². The second-order valence-electron chi connectivity index (χ2n) is 8.77. The molecule has 1 aliphatic rings. The number of rotatable bonds is 4. The molecule has 2 heterocycles. The van der Waals surface area contributed by atoms with Crippen molar-refractivity contribution in [3.8, 4) is 0 Å². The van der Waals surface area contributed by atoms with E-state index in [-0.39, 0.29) is 0 Å². The first-order chi connectivity index (χ1) is 18.9. The van der Waals surface area contributed by atoms with Gasteiger partial charge >= 0.3 is 24.3 Å². The van der Waals surface area contributed by atoms with Gasteiger partial charge in [-0.2, -0.15) is 26.3 Å². The highest BCUT2D eigenvalue weighted by Gasteiger charge is 2.38. The Morgan fingerprint density at radius 2 is 1.44 bits per heavy atom. The van der Waals surface area contributed by atoms with E-state index in [0.717, 1.165) is 55.6 Å². The van der Waals surface area contributed by atoms with Crippen molar-refractivity contribution in [3.05, 3.63) is 65.9 Å². The van der Waals surface area contributed by atoms with E-state index in [1.54, 1.807) is 18.3 Å². The van der Waals surface area contributed by atoms with Crippen LogP contribution in [0.2, 0.25) is 0 Å². The van der Waals surface area contributed by atoms with Crippen molar-refractivity contribution in [2.24, 2.45) is 0 Å². The monoisotopic (exact) mass is 611 g/mol. The first-order valence-corrected chi connectivity index (χ1v) is 13.3. The molecule has 1 fully saturated rings. The predicted molar refractivity (Wildman–Crippen MR) is 136 cm³/mol. The molecule has 2 aromatic carbocycles. The summed E-state index contributed by atoms with van der Waals surface area (Å²) in [6.45, 7) is 6.93. The topological polar surface area (TPSA) is 129 Å². The largest absolute Gasteiger partial charge is 0.490 e. The number of aliphatic carboxylic acids is 2. The molecule has 0 saturated carbocycles. The van der Waals surface area contributed by atoms with Crippen LogP contribution < -0.4 is 5.32 Å². The standard InChI is InChI=1S/C21H25N3O2S.2C2HF3O2/c1-17-6-8-19(9-7-17)27(25,26)24-14-10-20-18(4-2-5-21(20)24)16-23-13-3-11-22-12-15-23;2*3-2(4,5)1(6)7/h2,4-10,14,22H,3,11-13,15-16H2,1H3;2*(H,6,7). The van der Waals surface area contributed by atoms with E-state index in [9.17, 15) is 34.8 Å². The van der Waals surface area contributed by atoms with Gasteiger partial charge in [-0.15, -0.1) is 0 Å². The highest BCUT2D eigenvalue weighted by atomic mass is 32.2. The lowest BCUT2D eigenvalue weighted by molar-refractivity contribution is -0.193. The predicted octanol–water partition coefficient (Wildman–Crippen LogP) is 4.25. The first kappa shape index (κ1) is 33.6. The molecule has 1 aliphatic heterocycles. The fourth-order valence-corrected chi connectivity index (χ4v) is 5.02. The van der Waals surface area contributed by atoms with Crippen molar-refractivity contribution in [1.82, 2.24) is 14.2 Å². The van der Waals surface area contributed by atoms with Crippen LogP contribution in [0.15, 0.2) is 59.6 Å². The van der Waals surface area contributed by atoms with Crippen molar-refractivity contribution >= 4 is 32.9 Å². The molecule has 16 heteroatoms. The number of halogens is 6. The zero-order valence-corrected chi connectivity index (χ0v) is 22.4. The summed E-state index contributed by atoms with van der Waals surface area (Å²) in [6, 6.07) is 14.9. The van der Waals surface area contributed by atoms with E-state index >= 15 is 0 Å². The van der Waals surface area contributed by atoms with Gasteiger partial charge < -0.3 is 15.5 Å². The lowest BCUT2D eigenvalue weighted by atomic mass is 10.1. The maximum Gasteiger partial charge on any atom is 0.490 e. The van der Waals surface area contributed by atoms with E-state index in [2.05, 4.69) is 16.3 Å². The van der Waals surface area contributed by atoms with Crippen molar-refractivity contribution in [2.75, 3.05) is 26.2 Å². The molecule has 41 heavy (non-hydrogen) atoms. The smallest absolute Gasteiger partial charge is 0.475 e. The summed E-state index contributed by atoms with van der Waals surface area (Å²) in [5.74, 6) is -5.51. The third-order valence-corrected chi connectivity index (χ3v) is 7.38. The molecule has 3 aromatic rings. The quantitative estimate of drug-likeness (QED) is 0.374. The SMILES string of the molecule is Cc1ccc(S(=O)(=O)n2ccc3c(CN4CCCNCC4)cccc32)cc1.O=C(O)C(F)(F)F.O=C(O)C(F)(F)F. The fourth-order valence-electron chi connectivity index (χ4n) is 3.68. The van der Waals surface area contributed by atoms with Crippen LogP contribution in [0.3, 0.4) is 0 Å². The molecule has 0 unspecified atom stereocenters. The Bertz CT molecular complexity index is 1400. The molecule has 0 atom stereocenters. The maximum atomic E-state index is 13.1. The van der Waals surface area contributed by atoms with Crippen LogP contribution in [0.5, 0.6) is 0 Å². The summed E-state index contributed by atoms with van der Waals surface area (Å²) < 4.78 is 91.1. The number of hydrogen-bond donors (Lipinski definition) is 3. The molecule has 0 spiro atoms. The molecular weight excluding hydrogens is 584 g/mol. The summed E-state index contributed by atoms with van der Waals surface area (Å²) >= 11 is 0. The Balaban J connectivity index is 0.000000349. The van der Waals surface area contributed by atoms with Crippen molar-refractivity contribution in [2.45, 2.75) is 37.1 Å². The number of nitrogens with zero attached hydrogens (tertiary/aromatic N) is 2. The summed E-state index contributed by atoms with van der Waals surface area (Å²) in [5, 5.41) is 18.7. The van der Waals surface area contributed by atoms with E-state index in [1.807, 2.05) is 37.3 Å². The minimum atomic E-state index is -5.08. The molecule has 1 aromatic heterocycles. The number of carboxylic acids is 2. The Morgan fingerprint density at radius 1 is 0.878 bits per heavy atom. The number of nitrogens with one attached hydrogen (secondary N) is 1. The summed E-state index contributed by atoms with van der Waals surface area (Å²) in [5.41, 5.74) is 2.95. The van der Waals surface area contributed by atoms with Gasteiger partial charge in [-0.25, -0.2) is 22.0 Å². The van der Waals surface area contributed by atoms with E-state index in [0.29, 0.717) is 4.90 Å². The second-order valence-corrected chi connectivity index (χ2v) is 10.6. The molecule has 0 aliphatic carbocycles. The summed E-state index contributed by atoms with van der Waals surface area (Å²) in [6.07, 6.45) is -7.36. The number of fused-ring (bicyclic) bond motifs is 1. The van der Waals surface area contributed by atoms with E-state index in [1.165, 1.54) is 9.54 Å². The van der Waals surface area contributed by atoms with Gasteiger partial charge in [0.05, 0.1) is 10.4 Å². The molecule has 4 rings (SSSR count). The number of benzene rings is 2. The maximum absolute atomic E-state index is 13.1. The Hall–Kier alpha value is -3.63. The number of aromatic nitrogens is 1. The zero-order chi connectivity index (χ0) is 31.0. The third kappa shape index (κ3) is 9.75. The van der Waals surface area contributed by atoms with Gasteiger partial charge in [-0.05, 0) is 56.3 Å². The fraction of sp³-hybridized carbons (Fsp3) is 0.360. The molecule has 1 saturated heterocycles. The lowest BCUT2D eigenvalue weighted by Gasteiger charge is -2.20. The van der Waals surface area contributed by atoms with Crippen LogP contribution >= 0.6 is 0 Å². The average Bonchev–Trinajstić information content (AvgIpc) is 3.16. The number of carboxylic acid groups (broad SMARTS) is 2. The molecule has 0 radical (unpaired) electrons. The van der Waals surface area contributed by atoms with Gasteiger partial charge in [0.1, 0.15) is 0 Å². The highest BCUT2D eigenvalue weighted by molar-refractivity contribution is 7.90. The normalized spacial score (nSPS) is 14.7. The summed E-state index contributed by atoms with van der Waals surface area (Å²) in [7, 11) is -3.60. The van der Waals surface area contributed by atoms with Crippen molar-refractivity contribution in [3.63, 3.8) is 0 Å². The number of aryl methyl sites for hydroxylation is 1. The van der Waals surface area contributed by atoms with Crippen LogP contribution in [0.1, 0.15) is 17.5 Å². The zero-order valence-electron chi connectivity index (χ0n) is 21.5. The van der Waals surface area contributed by atoms with Gasteiger partial charge in [0.25, 0.3) is 10.0 Å². The van der Waals surface area contributed by atoms with Gasteiger partial charge in [0.15, 0.2) is 0 Å². The van der Waals surface area contributed by atoms with Crippen molar-refractivity contribution in [1.29, 1.82) is 0 Å². The van der Waals surface area contributed by atoms with E-state index < -0.39 is 34.3 Å². The molecule has 0 bridgehead atoms. The third-order valence-electron chi connectivity index (χ3n) is 5.68. The van der Waals surface area contributed by atoms with Crippen LogP contribution in [0.4, 0.5) is 26.3 Å². The van der Waals surface area contributed by atoms with E-state index in [4.69, 9.17) is 19.8 Å². The Morgan fingerprint density at radius 3 is 1.98 bits per heavy atom. The average molecular weight is 612 g/mol. The minimum Gasteiger partial charge on any atom is -0.475 e. The minimum absolute atomic E-state index is 0.314. The molecule has 0 amide bonds.